The van der Waals surface area contributed by atoms with Gasteiger partial charge in [-0.05, 0) is 5.92 Å². The Bertz CT molecular complexity index is 74.8. The van der Waals surface area contributed by atoms with E-state index in [-0.39, 0.29) is 6.04 Å². The van der Waals surface area contributed by atoms with Crippen LogP contribution in [0.2, 0.25) is 0 Å². The van der Waals surface area contributed by atoms with E-state index in [1.165, 1.54) is 0 Å². The molecule has 0 aromatic heterocycles. The van der Waals surface area contributed by atoms with Gasteiger partial charge in [-0.3, -0.25) is 0 Å². The number of hydrogen-bond acceptors (Lipinski definition) is 2. The highest BCUT2D eigenvalue weighted by Crippen LogP contribution is 2.07. The van der Waals surface area contributed by atoms with E-state index in [2.05, 4.69) is 21.1 Å². The van der Waals surface area contributed by atoms with Crippen molar-refractivity contribution in [2.75, 3.05) is 5.33 Å². The highest BCUT2D eigenvalue weighted by Gasteiger charge is 2.09. The zero-order valence-corrected chi connectivity index (χ0v) is 6.68. The molecule has 0 N–H and O–H groups in total. The molecule has 0 radical (unpaired) electrons. The molecule has 3 heteroatoms. The lowest BCUT2D eigenvalue weighted by molar-refractivity contribution is 0.537. The second kappa shape index (κ2) is 4.01. The topological polar surface area (TPSA) is 29.4 Å². The minimum atomic E-state index is -0.0602. The predicted molar refractivity (Wildman–Crippen MR) is 38.2 cm³/mol. The van der Waals surface area contributed by atoms with Crippen molar-refractivity contribution in [3.05, 3.63) is 4.91 Å². The molecular weight excluding hydrogens is 170 g/mol. The van der Waals surface area contributed by atoms with Crippen LogP contribution in [-0.2, 0) is 0 Å². The number of alkyl halides is 1. The molecule has 1 unspecified atom stereocenters. The Morgan fingerprint density at radius 3 is 2.12 bits per heavy atom. The van der Waals surface area contributed by atoms with Crippen LogP contribution in [0.1, 0.15) is 13.8 Å². The first kappa shape index (κ1) is 8.08. The van der Waals surface area contributed by atoms with E-state index in [0.717, 1.165) is 0 Å². The molecule has 0 bridgehead atoms. The highest BCUT2D eigenvalue weighted by atomic mass is 79.9. The molecule has 0 saturated heterocycles. The van der Waals surface area contributed by atoms with Crippen LogP contribution in [0.5, 0.6) is 0 Å². The smallest absolute Gasteiger partial charge is 0.104 e. The largest absolute Gasteiger partial charge is 0.150 e. The van der Waals surface area contributed by atoms with Crippen LogP contribution in [0.4, 0.5) is 0 Å². The SMILES string of the molecule is CC(C)C(CBr)N=O. The maximum atomic E-state index is 9.90. The van der Waals surface area contributed by atoms with E-state index >= 15 is 0 Å². The fraction of sp³-hybridized carbons (Fsp3) is 1.00. The Kier molecular flexibility index (Phi) is 4.05. The average molecular weight is 180 g/mol. The third-order valence-electron chi connectivity index (χ3n) is 1.06. The van der Waals surface area contributed by atoms with E-state index < -0.39 is 0 Å². The molecule has 0 spiro atoms. The average Bonchev–Trinajstić information content (AvgIpc) is 1.69. The van der Waals surface area contributed by atoms with E-state index in [0.29, 0.717) is 11.2 Å². The van der Waals surface area contributed by atoms with Crippen molar-refractivity contribution in [1.29, 1.82) is 0 Å². The maximum absolute atomic E-state index is 9.90. The summed E-state index contributed by atoms with van der Waals surface area (Å²) in [7, 11) is 0. The predicted octanol–water partition coefficient (Wildman–Crippen LogP) is 2.17. The van der Waals surface area contributed by atoms with Gasteiger partial charge in [0.1, 0.15) is 6.04 Å². The van der Waals surface area contributed by atoms with Crippen LogP contribution >= 0.6 is 15.9 Å². The Labute approximate surface area is 57.8 Å². The minimum Gasteiger partial charge on any atom is -0.150 e. The molecule has 0 aliphatic rings. The Balaban J connectivity index is 3.51. The van der Waals surface area contributed by atoms with Gasteiger partial charge in [0.25, 0.3) is 0 Å². The zero-order chi connectivity index (χ0) is 6.57. The fourth-order valence-corrected chi connectivity index (χ4v) is 1.19. The Morgan fingerprint density at radius 1 is 1.62 bits per heavy atom. The molecule has 0 fully saturated rings. The van der Waals surface area contributed by atoms with Crippen molar-refractivity contribution >= 4 is 15.9 Å². The Hall–Kier alpha value is 0.0800. The number of rotatable bonds is 3. The van der Waals surface area contributed by atoms with Crippen molar-refractivity contribution in [1.82, 2.24) is 0 Å². The van der Waals surface area contributed by atoms with Crippen molar-refractivity contribution in [3.63, 3.8) is 0 Å². The van der Waals surface area contributed by atoms with Crippen LogP contribution in [0, 0.1) is 10.8 Å². The molecule has 0 amide bonds. The molecule has 0 aromatic rings. The molecule has 0 heterocycles. The summed E-state index contributed by atoms with van der Waals surface area (Å²) in [5.41, 5.74) is 0. The lowest BCUT2D eigenvalue weighted by atomic mass is 10.1. The molecule has 48 valence electrons. The molecule has 0 rings (SSSR count). The van der Waals surface area contributed by atoms with Gasteiger partial charge in [-0.1, -0.05) is 35.0 Å². The maximum Gasteiger partial charge on any atom is 0.104 e. The van der Waals surface area contributed by atoms with Crippen LogP contribution in [0.15, 0.2) is 5.18 Å². The molecule has 0 saturated carbocycles. The van der Waals surface area contributed by atoms with Crippen LogP contribution in [0.25, 0.3) is 0 Å². The number of nitrogens with zero attached hydrogens (tertiary/aromatic N) is 1. The standard InChI is InChI=1S/C5H10BrNO/c1-4(2)5(3-6)7-8/h4-5H,3H2,1-2H3. The first-order chi connectivity index (χ1) is 3.72. The fourth-order valence-electron chi connectivity index (χ4n) is 0.328. The molecule has 2 nitrogen and oxygen atoms in total. The monoisotopic (exact) mass is 179 g/mol. The van der Waals surface area contributed by atoms with Crippen LogP contribution < -0.4 is 0 Å². The van der Waals surface area contributed by atoms with Crippen molar-refractivity contribution in [2.45, 2.75) is 19.9 Å². The summed E-state index contributed by atoms with van der Waals surface area (Å²) in [6, 6.07) is -0.0602. The molecular formula is C5H10BrNO. The van der Waals surface area contributed by atoms with Gasteiger partial charge in [0, 0.05) is 5.33 Å². The molecule has 0 aliphatic carbocycles. The van der Waals surface area contributed by atoms with E-state index in [1.54, 1.807) is 0 Å². The zero-order valence-electron chi connectivity index (χ0n) is 5.10. The van der Waals surface area contributed by atoms with Crippen LogP contribution in [-0.4, -0.2) is 11.4 Å². The van der Waals surface area contributed by atoms with Gasteiger partial charge in [-0.15, -0.1) is 0 Å². The van der Waals surface area contributed by atoms with Gasteiger partial charge in [-0.25, -0.2) is 0 Å². The summed E-state index contributed by atoms with van der Waals surface area (Å²) in [6.07, 6.45) is 0. The number of nitroso groups, excluding NO2 is 1. The highest BCUT2D eigenvalue weighted by molar-refractivity contribution is 9.09. The molecule has 1 atom stereocenters. The van der Waals surface area contributed by atoms with Crippen molar-refractivity contribution < 1.29 is 0 Å². The van der Waals surface area contributed by atoms with Crippen LogP contribution in [0.3, 0.4) is 0 Å². The van der Waals surface area contributed by atoms with E-state index in [4.69, 9.17) is 0 Å². The normalized spacial score (nSPS) is 14.0. The van der Waals surface area contributed by atoms with Gasteiger partial charge >= 0.3 is 0 Å². The lowest BCUT2D eigenvalue weighted by Crippen LogP contribution is -2.12. The molecule has 0 aliphatic heterocycles. The summed E-state index contributed by atoms with van der Waals surface area (Å²) >= 11 is 3.18. The van der Waals surface area contributed by atoms with Gasteiger partial charge in [0.05, 0.1) is 0 Å². The summed E-state index contributed by atoms with van der Waals surface area (Å²) in [5.74, 6) is 0.354. The third kappa shape index (κ3) is 2.40. The lowest BCUT2D eigenvalue weighted by Gasteiger charge is -2.06. The minimum absolute atomic E-state index is 0.0602. The first-order valence-corrected chi connectivity index (χ1v) is 3.73. The van der Waals surface area contributed by atoms with E-state index in [9.17, 15) is 4.91 Å². The van der Waals surface area contributed by atoms with Crippen molar-refractivity contribution in [2.24, 2.45) is 11.1 Å². The Morgan fingerprint density at radius 2 is 2.12 bits per heavy atom. The summed E-state index contributed by atoms with van der Waals surface area (Å²) in [4.78, 5) is 9.90. The quantitative estimate of drug-likeness (QED) is 0.483. The van der Waals surface area contributed by atoms with Crippen molar-refractivity contribution in [3.8, 4) is 0 Å². The molecule has 0 aromatic carbocycles. The summed E-state index contributed by atoms with van der Waals surface area (Å²) in [5, 5.41) is 3.58. The molecule has 8 heavy (non-hydrogen) atoms. The van der Waals surface area contributed by atoms with Gasteiger partial charge in [-0.2, -0.15) is 4.91 Å². The second-order valence-corrected chi connectivity index (χ2v) is 2.72. The van der Waals surface area contributed by atoms with Gasteiger partial charge in [0.2, 0.25) is 0 Å². The van der Waals surface area contributed by atoms with Gasteiger partial charge in [0.15, 0.2) is 0 Å². The number of hydrogen-bond donors (Lipinski definition) is 0. The number of halogens is 1. The summed E-state index contributed by atoms with van der Waals surface area (Å²) in [6.45, 7) is 3.96. The summed E-state index contributed by atoms with van der Waals surface area (Å²) < 4.78 is 0. The van der Waals surface area contributed by atoms with E-state index in [1.807, 2.05) is 13.8 Å². The third-order valence-corrected chi connectivity index (χ3v) is 1.73. The van der Waals surface area contributed by atoms with Gasteiger partial charge < -0.3 is 0 Å². The second-order valence-electron chi connectivity index (χ2n) is 2.07. The first-order valence-electron chi connectivity index (χ1n) is 2.60.